The van der Waals surface area contributed by atoms with Gasteiger partial charge < -0.3 is 0 Å². The quantitative estimate of drug-likeness (QED) is 0.525. The van der Waals surface area contributed by atoms with Gasteiger partial charge in [0.25, 0.3) is 0 Å². The molecule has 0 amide bonds. The third kappa shape index (κ3) is 1.45. The van der Waals surface area contributed by atoms with Crippen LogP contribution in [0.15, 0.2) is 0 Å². The van der Waals surface area contributed by atoms with E-state index in [0.29, 0.717) is 5.92 Å². The van der Waals surface area contributed by atoms with Crippen molar-refractivity contribution in [2.45, 2.75) is 32.6 Å². The summed E-state index contributed by atoms with van der Waals surface area (Å²) < 4.78 is 0. The van der Waals surface area contributed by atoms with E-state index in [9.17, 15) is 0 Å². The summed E-state index contributed by atoms with van der Waals surface area (Å²) in [6.07, 6.45) is 5.26. The Bertz CT molecular complexity index is 117. The maximum atomic E-state index is 8.55. The molecule has 1 fully saturated rings. The molecule has 1 nitrogen and oxygen atoms in total. The SMILES string of the molecule is CC(C#N)C1CCCC1. The number of nitriles is 1. The zero-order valence-electron chi connectivity index (χ0n) is 5.93. The van der Waals surface area contributed by atoms with Crippen molar-refractivity contribution in [3.63, 3.8) is 0 Å². The van der Waals surface area contributed by atoms with E-state index >= 15 is 0 Å². The second-order valence-electron chi connectivity index (χ2n) is 2.96. The molecule has 0 aromatic carbocycles. The molecule has 1 aliphatic carbocycles. The molecular weight excluding hydrogens is 110 g/mol. The van der Waals surface area contributed by atoms with Crippen LogP contribution in [0.1, 0.15) is 32.6 Å². The number of rotatable bonds is 1. The van der Waals surface area contributed by atoms with Gasteiger partial charge in [0.05, 0.1) is 6.07 Å². The van der Waals surface area contributed by atoms with Gasteiger partial charge in [0, 0.05) is 5.92 Å². The minimum atomic E-state index is 0.299. The van der Waals surface area contributed by atoms with Crippen LogP contribution in [0.2, 0.25) is 0 Å². The van der Waals surface area contributed by atoms with Crippen LogP contribution in [-0.2, 0) is 0 Å². The molecule has 50 valence electrons. The lowest BCUT2D eigenvalue weighted by molar-refractivity contribution is 0.443. The van der Waals surface area contributed by atoms with E-state index in [1.807, 2.05) is 6.92 Å². The van der Waals surface area contributed by atoms with E-state index < -0.39 is 0 Å². The van der Waals surface area contributed by atoms with Crippen LogP contribution in [0.3, 0.4) is 0 Å². The minimum Gasteiger partial charge on any atom is -0.198 e. The molecule has 0 spiro atoms. The Hall–Kier alpha value is -0.510. The molecule has 1 saturated carbocycles. The fraction of sp³-hybridized carbons (Fsp3) is 0.875. The van der Waals surface area contributed by atoms with Gasteiger partial charge in [-0.25, -0.2) is 0 Å². The van der Waals surface area contributed by atoms with Crippen LogP contribution >= 0.6 is 0 Å². The van der Waals surface area contributed by atoms with Crippen LogP contribution in [0.5, 0.6) is 0 Å². The summed E-state index contributed by atoms with van der Waals surface area (Å²) in [6.45, 7) is 2.04. The minimum absolute atomic E-state index is 0.299. The molecule has 1 rings (SSSR count). The molecule has 9 heavy (non-hydrogen) atoms. The van der Waals surface area contributed by atoms with Crippen molar-refractivity contribution in [3.8, 4) is 6.07 Å². The van der Waals surface area contributed by atoms with Crippen LogP contribution in [0, 0.1) is 23.2 Å². The van der Waals surface area contributed by atoms with Gasteiger partial charge in [0.2, 0.25) is 0 Å². The highest BCUT2D eigenvalue weighted by molar-refractivity contribution is 4.86. The van der Waals surface area contributed by atoms with E-state index in [1.54, 1.807) is 0 Å². The van der Waals surface area contributed by atoms with Crippen LogP contribution in [0.25, 0.3) is 0 Å². The zero-order chi connectivity index (χ0) is 6.69. The van der Waals surface area contributed by atoms with Crippen molar-refractivity contribution >= 4 is 0 Å². The lowest BCUT2D eigenvalue weighted by Gasteiger charge is -2.08. The predicted octanol–water partition coefficient (Wildman–Crippen LogP) is 2.34. The molecular formula is C8H13N. The van der Waals surface area contributed by atoms with E-state index in [0.717, 1.165) is 5.92 Å². The van der Waals surface area contributed by atoms with E-state index in [2.05, 4.69) is 6.07 Å². The Balaban J connectivity index is 2.34. The predicted molar refractivity (Wildman–Crippen MR) is 36.7 cm³/mol. The first kappa shape index (κ1) is 6.61. The Morgan fingerprint density at radius 3 is 2.44 bits per heavy atom. The van der Waals surface area contributed by atoms with Crippen molar-refractivity contribution in [1.29, 1.82) is 5.26 Å². The lowest BCUT2D eigenvalue weighted by Crippen LogP contribution is -2.03. The first-order chi connectivity index (χ1) is 4.34. The summed E-state index contributed by atoms with van der Waals surface area (Å²) in [7, 11) is 0. The fourth-order valence-corrected chi connectivity index (χ4v) is 1.56. The number of nitrogens with zero attached hydrogens (tertiary/aromatic N) is 1. The van der Waals surface area contributed by atoms with Crippen LogP contribution in [0.4, 0.5) is 0 Å². The average molecular weight is 123 g/mol. The molecule has 0 heterocycles. The maximum absolute atomic E-state index is 8.55. The van der Waals surface area contributed by atoms with Crippen LogP contribution < -0.4 is 0 Å². The molecule has 0 aromatic heterocycles. The van der Waals surface area contributed by atoms with Crippen molar-refractivity contribution in [2.75, 3.05) is 0 Å². The molecule has 0 aromatic rings. The first-order valence-corrected chi connectivity index (χ1v) is 3.74. The molecule has 0 bridgehead atoms. The lowest BCUT2D eigenvalue weighted by atomic mass is 9.94. The van der Waals surface area contributed by atoms with E-state index in [1.165, 1.54) is 25.7 Å². The van der Waals surface area contributed by atoms with Gasteiger partial charge in [-0.1, -0.05) is 12.8 Å². The van der Waals surface area contributed by atoms with Crippen molar-refractivity contribution in [2.24, 2.45) is 11.8 Å². The van der Waals surface area contributed by atoms with Gasteiger partial charge in [0.1, 0.15) is 0 Å². The number of hydrogen-bond donors (Lipinski definition) is 0. The summed E-state index contributed by atoms with van der Waals surface area (Å²) in [6, 6.07) is 2.31. The standard InChI is InChI=1S/C8H13N/c1-7(6-9)8-4-2-3-5-8/h7-8H,2-5H2,1H3. The second kappa shape index (κ2) is 2.87. The van der Waals surface area contributed by atoms with E-state index in [-0.39, 0.29) is 0 Å². The molecule has 0 aliphatic heterocycles. The van der Waals surface area contributed by atoms with Crippen LogP contribution in [-0.4, -0.2) is 0 Å². The van der Waals surface area contributed by atoms with Crippen molar-refractivity contribution in [1.82, 2.24) is 0 Å². The summed E-state index contributed by atoms with van der Waals surface area (Å²) in [5.41, 5.74) is 0. The van der Waals surface area contributed by atoms with Gasteiger partial charge >= 0.3 is 0 Å². The van der Waals surface area contributed by atoms with Crippen molar-refractivity contribution in [3.05, 3.63) is 0 Å². The average Bonchev–Trinajstić information content (AvgIpc) is 2.37. The zero-order valence-corrected chi connectivity index (χ0v) is 5.93. The molecule has 1 atom stereocenters. The summed E-state index contributed by atoms with van der Waals surface area (Å²) in [4.78, 5) is 0. The normalized spacial score (nSPS) is 23.6. The Kier molecular flexibility index (Phi) is 2.10. The van der Waals surface area contributed by atoms with Gasteiger partial charge in [-0.3, -0.25) is 0 Å². The fourth-order valence-electron chi connectivity index (χ4n) is 1.56. The Morgan fingerprint density at radius 1 is 1.44 bits per heavy atom. The molecule has 0 saturated heterocycles. The topological polar surface area (TPSA) is 23.8 Å². The largest absolute Gasteiger partial charge is 0.198 e. The van der Waals surface area contributed by atoms with Gasteiger partial charge in [-0.05, 0) is 25.7 Å². The molecule has 1 unspecified atom stereocenters. The molecule has 1 heteroatoms. The highest BCUT2D eigenvalue weighted by Crippen LogP contribution is 2.30. The second-order valence-corrected chi connectivity index (χ2v) is 2.96. The van der Waals surface area contributed by atoms with Crippen molar-refractivity contribution < 1.29 is 0 Å². The maximum Gasteiger partial charge on any atom is 0.0655 e. The first-order valence-electron chi connectivity index (χ1n) is 3.74. The molecule has 0 N–H and O–H groups in total. The monoisotopic (exact) mass is 123 g/mol. The summed E-state index contributed by atoms with van der Waals surface area (Å²) >= 11 is 0. The Labute approximate surface area is 56.7 Å². The summed E-state index contributed by atoms with van der Waals surface area (Å²) in [5, 5.41) is 8.55. The third-order valence-corrected chi connectivity index (χ3v) is 2.31. The number of hydrogen-bond acceptors (Lipinski definition) is 1. The molecule has 1 aliphatic rings. The van der Waals surface area contributed by atoms with Gasteiger partial charge in [0.15, 0.2) is 0 Å². The van der Waals surface area contributed by atoms with E-state index in [4.69, 9.17) is 5.26 Å². The third-order valence-electron chi connectivity index (χ3n) is 2.31. The highest BCUT2D eigenvalue weighted by Gasteiger charge is 2.20. The smallest absolute Gasteiger partial charge is 0.0655 e. The van der Waals surface area contributed by atoms with Gasteiger partial charge in [-0.15, -0.1) is 0 Å². The summed E-state index contributed by atoms with van der Waals surface area (Å²) in [5.74, 6) is 1.02. The van der Waals surface area contributed by atoms with Gasteiger partial charge in [-0.2, -0.15) is 5.26 Å². The molecule has 0 radical (unpaired) electrons. The highest BCUT2D eigenvalue weighted by atomic mass is 14.3. The Morgan fingerprint density at radius 2 is 2.00 bits per heavy atom.